The van der Waals surface area contributed by atoms with Crippen molar-refractivity contribution in [1.82, 2.24) is 10.9 Å². The van der Waals surface area contributed by atoms with Gasteiger partial charge in [0.25, 0.3) is 5.91 Å². The van der Waals surface area contributed by atoms with Gasteiger partial charge >= 0.3 is 0 Å². The van der Waals surface area contributed by atoms with Crippen LogP contribution in [-0.2, 0) is 9.59 Å². The third-order valence-corrected chi connectivity index (χ3v) is 1.79. The molecule has 16 heavy (non-hydrogen) atoms. The predicted molar refractivity (Wildman–Crippen MR) is 58.5 cm³/mol. The van der Waals surface area contributed by atoms with E-state index in [0.717, 1.165) is 0 Å². The minimum Gasteiger partial charge on any atom is -0.481 e. The normalized spacial score (nSPS) is 11.4. The third kappa shape index (κ3) is 4.00. The maximum absolute atomic E-state index is 11.4. The zero-order valence-corrected chi connectivity index (χ0v) is 9.19. The highest BCUT2D eigenvalue weighted by molar-refractivity contribution is 5.83. The van der Waals surface area contributed by atoms with Crippen LogP contribution in [0.25, 0.3) is 0 Å². The molecule has 5 heteroatoms. The molecule has 2 N–H and O–H groups in total. The maximum Gasteiger partial charge on any atom is 0.279 e. The van der Waals surface area contributed by atoms with Crippen molar-refractivity contribution in [2.45, 2.75) is 20.0 Å². The topological polar surface area (TPSA) is 67.4 Å². The summed E-state index contributed by atoms with van der Waals surface area (Å²) in [4.78, 5) is 22.0. The lowest BCUT2D eigenvalue weighted by atomic mass is 10.3. The number of amides is 2. The zero-order valence-electron chi connectivity index (χ0n) is 9.19. The lowest BCUT2D eigenvalue weighted by Gasteiger charge is -2.14. The van der Waals surface area contributed by atoms with Gasteiger partial charge in [-0.2, -0.15) is 0 Å². The Kier molecular flexibility index (Phi) is 4.32. The summed E-state index contributed by atoms with van der Waals surface area (Å²) in [5.41, 5.74) is 4.43. The second-order valence-corrected chi connectivity index (χ2v) is 3.24. The minimum atomic E-state index is -0.672. The van der Waals surface area contributed by atoms with Crippen molar-refractivity contribution in [3.05, 3.63) is 30.3 Å². The molecule has 0 bridgehead atoms. The van der Waals surface area contributed by atoms with Crippen molar-refractivity contribution >= 4 is 11.8 Å². The van der Waals surface area contributed by atoms with Crippen molar-refractivity contribution in [1.29, 1.82) is 0 Å². The standard InChI is InChI=1S/C11H14N2O3/c1-8(11(15)13-12-9(2)14)16-10-6-4-3-5-7-10/h3-8H,1-2H3,(H,12,14)(H,13,15). The Morgan fingerprint density at radius 1 is 1.19 bits per heavy atom. The average Bonchev–Trinajstić information content (AvgIpc) is 2.27. The molecule has 0 spiro atoms. The van der Waals surface area contributed by atoms with Gasteiger partial charge in [-0.05, 0) is 19.1 Å². The van der Waals surface area contributed by atoms with Crippen LogP contribution < -0.4 is 15.6 Å². The van der Waals surface area contributed by atoms with Crippen LogP contribution in [0.4, 0.5) is 0 Å². The number of hydrogen-bond acceptors (Lipinski definition) is 3. The lowest BCUT2D eigenvalue weighted by Crippen LogP contribution is -2.46. The van der Waals surface area contributed by atoms with E-state index >= 15 is 0 Å². The van der Waals surface area contributed by atoms with E-state index < -0.39 is 12.0 Å². The number of carbonyl (C=O) groups excluding carboxylic acids is 2. The molecule has 0 aliphatic rings. The Labute approximate surface area is 93.8 Å². The summed E-state index contributed by atoms with van der Waals surface area (Å²) < 4.78 is 5.35. The van der Waals surface area contributed by atoms with Crippen molar-refractivity contribution < 1.29 is 14.3 Å². The number of carbonyl (C=O) groups is 2. The highest BCUT2D eigenvalue weighted by Crippen LogP contribution is 2.10. The van der Waals surface area contributed by atoms with E-state index in [-0.39, 0.29) is 5.91 Å². The van der Waals surface area contributed by atoms with Crippen LogP contribution >= 0.6 is 0 Å². The quantitative estimate of drug-likeness (QED) is 0.737. The summed E-state index contributed by atoms with van der Waals surface area (Å²) >= 11 is 0. The first-order valence-electron chi connectivity index (χ1n) is 4.87. The maximum atomic E-state index is 11.4. The van der Waals surface area contributed by atoms with Crippen LogP contribution in [-0.4, -0.2) is 17.9 Å². The number of benzene rings is 1. The van der Waals surface area contributed by atoms with E-state index in [2.05, 4.69) is 10.9 Å². The molecule has 0 saturated carbocycles. The van der Waals surface area contributed by atoms with Gasteiger partial charge in [0.1, 0.15) is 5.75 Å². The molecule has 1 rings (SSSR count). The first-order valence-corrected chi connectivity index (χ1v) is 4.87. The lowest BCUT2D eigenvalue weighted by molar-refractivity contribution is -0.132. The SMILES string of the molecule is CC(=O)NNC(=O)C(C)Oc1ccccc1. The highest BCUT2D eigenvalue weighted by Gasteiger charge is 2.14. The molecule has 1 aromatic carbocycles. The summed E-state index contributed by atoms with van der Waals surface area (Å²) in [5.74, 6) is -0.132. The van der Waals surface area contributed by atoms with Gasteiger partial charge in [0, 0.05) is 6.92 Å². The first kappa shape index (κ1) is 12.0. The van der Waals surface area contributed by atoms with Crippen LogP contribution in [0.5, 0.6) is 5.75 Å². The highest BCUT2D eigenvalue weighted by atomic mass is 16.5. The van der Waals surface area contributed by atoms with Crippen LogP contribution in [0.3, 0.4) is 0 Å². The molecule has 1 aromatic rings. The number of hydrazine groups is 1. The number of para-hydroxylation sites is 1. The van der Waals surface area contributed by atoms with Gasteiger partial charge in [-0.1, -0.05) is 18.2 Å². The van der Waals surface area contributed by atoms with Gasteiger partial charge in [0.2, 0.25) is 5.91 Å². The molecular formula is C11H14N2O3. The predicted octanol–water partition coefficient (Wildman–Crippen LogP) is 0.621. The molecule has 2 amide bonds. The monoisotopic (exact) mass is 222 g/mol. The average molecular weight is 222 g/mol. The summed E-state index contributed by atoms with van der Waals surface area (Å²) in [5, 5.41) is 0. The summed E-state index contributed by atoms with van der Waals surface area (Å²) in [6.07, 6.45) is -0.672. The largest absolute Gasteiger partial charge is 0.481 e. The van der Waals surface area contributed by atoms with Gasteiger partial charge in [0.05, 0.1) is 0 Å². The number of hydrogen-bond donors (Lipinski definition) is 2. The molecule has 0 aromatic heterocycles. The van der Waals surface area contributed by atoms with Crippen LogP contribution in [0, 0.1) is 0 Å². The fourth-order valence-corrected chi connectivity index (χ4v) is 1.01. The van der Waals surface area contributed by atoms with Crippen molar-refractivity contribution in [3.63, 3.8) is 0 Å². The van der Waals surface area contributed by atoms with Crippen molar-refractivity contribution in [2.75, 3.05) is 0 Å². The number of ether oxygens (including phenoxy) is 1. The Morgan fingerprint density at radius 3 is 2.38 bits per heavy atom. The molecule has 0 aliphatic carbocycles. The molecule has 0 radical (unpaired) electrons. The van der Waals surface area contributed by atoms with Gasteiger partial charge < -0.3 is 4.74 Å². The zero-order chi connectivity index (χ0) is 12.0. The third-order valence-electron chi connectivity index (χ3n) is 1.79. The summed E-state index contributed by atoms with van der Waals surface area (Å²) in [7, 11) is 0. The van der Waals surface area contributed by atoms with Gasteiger partial charge in [0.15, 0.2) is 6.10 Å². The molecule has 5 nitrogen and oxygen atoms in total. The molecule has 0 fully saturated rings. The second kappa shape index (κ2) is 5.75. The van der Waals surface area contributed by atoms with Crippen molar-refractivity contribution in [2.24, 2.45) is 0 Å². The Morgan fingerprint density at radius 2 is 1.81 bits per heavy atom. The Bertz CT molecular complexity index is 365. The van der Waals surface area contributed by atoms with E-state index in [1.165, 1.54) is 6.92 Å². The van der Waals surface area contributed by atoms with E-state index in [1.54, 1.807) is 19.1 Å². The van der Waals surface area contributed by atoms with E-state index in [9.17, 15) is 9.59 Å². The summed E-state index contributed by atoms with van der Waals surface area (Å²) in [6, 6.07) is 8.99. The van der Waals surface area contributed by atoms with Gasteiger partial charge in [-0.15, -0.1) is 0 Å². The Balaban J connectivity index is 2.43. The molecule has 1 unspecified atom stereocenters. The van der Waals surface area contributed by atoms with Crippen LogP contribution in [0.2, 0.25) is 0 Å². The smallest absolute Gasteiger partial charge is 0.279 e. The van der Waals surface area contributed by atoms with Crippen LogP contribution in [0.15, 0.2) is 30.3 Å². The molecular weight excluding hydrogens is 208 g/mol. The van der Waals surface area contributed by atoms with Gasteiger partial charge in [-0.25, -0.2) is 0 Å². The molecule has 0 aliphatic heterocycles. The van der Waals surface area contributed by atoms with E-state index in [4.69, 9.17) is 4.74 Å². The fraction of sp³-hybridized carbons (Fsp3) is 0.273. The first-order chi connectivity index (χ1) is 7.59. The molecule has 0 heterocycles. The van der Waals surface area contributed by atoms with Gasteiger partial charge in [-0.3, -0.25) is 20.4 Å². The Hall–Kier alpha value is -2.04. The molecule has 0 saturated heterocycles. The van der Waals surface area contributed by atoms with Crippen molar-refractivity contribution in [3.8, 4) is 5.75 Å². The number of rotatable bonds is 3. The fourth-order valence-electron chi connectivity index (χ4n) is 1.01. The molecule has 86 valence electrons. The van der Waals surface area contributed by atoms with E-state index in [1.807, 2.05) is 18.2 Å². The molecule has 1 atom stereocenters. The van der Waals surface area contributed by atoms with E-state index in [0.29, 0.717) is 5.75 Å². The van der Waals surface area contributed by atoms with Crippen LogP contribution in [0.1, 0.15) is 13.8 Å². The minimum absolute atomic E-state index is 0.333. The second-order valence-electron chi connectivity index (χ2n) is 3.24. The number of nitrogens with one attached hydrogen (secondary N) is 2. The summed E-state index contributed by atoms with van der Waals surface area (Å²) in [6.45, 7) is 2.91.